The van der Waals surface area contributed by atoms with E-state index in [0.29, 0.717) is 24.9 Å². The summed E-state index contributed by atoms with van der Waals surface area (Å²) in [6, 6.07) is 18.7. The van der Waals surface area contributed by atoms with Crippen molar-refractivity contribution < 1.29 is 9.53 Å². The lowest BCUT2D eigenvalue weighted by atomic mass is 9.81. The summed E-state index contributed by atoms with van der Waals surface area (Å²) in [6.07, 6.45) is 7.01. The molecule has 37 heavy (non-hydrogen) atoms. The minimum atomic E-state index is 0.0508. The molecule has 3 aromatic rings. The summed E-state index contributed by atoms with van der Waals surface area (Å²) in [5, 5.41) is 18.3. The second-order valence-corrected chi connectivity index (χ2v) is 10.2. The first-order chi connectivity index (χ1) is 18.2. The fraction of sp³-hybridized carbons (Fsp3) is 0.464. The molecular weight excluding hydrogens is 466 g/mol. The van der Waals surface area contributed by atoms with Crippen LogP contribution in [0.1, 0.15) is 67.7 Å². The molecule has 2 fully saturated rings. The Morgan fingerprint density at radius 2 is 1.89 bits per heavy atom. The van der Waals surface area contributed by atoms with Gasteiger partial charge in [-0.25, -0.2) is 5.43 Å². The van der Waals surface area contributed by atoms with Crippen molar-refractivity contribution in [2.24, 2.45) is 5.92 Å². The van der Waals surface area contributed by atoms with Crippen molar-refractivity contribution in [2.75, 3.05) is 12.1 Å². The van der Waals surface area contributed by atoms with Crippen LogP contribution in [0.4, 0.5) is 5.95 Å². The summed E-state index contributed by atoms with van der Waals surface area (Å²) >= 11 is 0. The lowest BCUT2D eigenvalue weighted by Crippen LogP contribution is -2.53. The standard InChI is InChI=1S/C28H35N7O2/c1-37-21-16-14-19(15-17-21)18-29-25(36)13-7-12-24-31-32-28-34(24)23-11-6-5-10-22(23)27-30-26(33-35(27)28)20-8-3-2-4-9-20/h2-4,8-9,14-17,22-23,26-27,30,33H,5-7,10-13,18H2,1H3,(H,29,36). The molecular formula is C28H35N7O2. The van der Waals surface area contributed by atoms with Gasteiger partial charge in [-0.05, 0) is 42.5 Å². The van der Waals surface area contributed by atoms with Crippen molar-refractivity contribution in [3.8, 4) is 5.75 Å². The van der Waals surface area contributed by atoms with Crippen LogP contribution in [0.15, 0.2) is 54.6 Å². The third-order valence-electron chi connectivity index (χ3n) is 7.95. The fourth-order valence-electron chi connectivity index (χ4n) is 6.07. The van der Waals surface area contributed by atoms with Crippen LogP contribution in [-0.2, 0) is 17.8 Å². The van der Waals surface area contributed by atoms with Crippen molar-refractivity contribution in [3.63, 3.8) is 0 Å². The van der Waals surface area contributed by atoms with Crippen LogP contribution in [0.5, 0.6) is 5.75 Å². The van der Waals surface area contributed by atoms with E-state index in [1.54, 1.807) is 7.11 Å². The topological polar surface area (TPSA) is 96.3 Å². The zero-order chi connectivity index (χ0) is 25.2. The highest BCUT2D eigenvalue weighted by Crippen LogP contribution is 2.45. The number of fused-ring (bicyclic) bond motifs is 6. The van der Waals surface area contributed by atoms with E-state index in [1.165, 1.54) is 24.8 Å². The number of ether oxygens (including phenoxy) is 1. The maximum atomic E-state index is 12.5. The molecule has 1 amide bonds. The molecule has 9 nitrogen and oxygen atoms in total. The predicted octanol–water partition coefficient (Wildman–Crippen LogP) is 3.61. The molecule has 1 aliphatic carbocycles. The molecule has 4 unspecified atom stereocenters. The van der Waals surface area contributed by atoms with Gasteiger partial charge in [0, 0.05) is 31.3 Å². The minimum absolute atomic E-state index is 0.0508. The first-order valence-electron chi connectivity index (χ1n) is 13.4. The second-order valence-electron chi connectivity index (χ2n) is 10.2. The maximum absolute atomic E-state index is 12.5. The van der Waals surface area contributed by atoms with Crippen molar-refractivity contribution >= 4 is 11.9 Å². The van der Waals surface area contributed by atoms with Gasteiger partial charge in [0.15, 0.2) is 0 Å². The summed E-state index contributed by atoms with van der Waals surface area (Å²) in [5.74, 6) is 3.23. The normalized spacial score (nSPS) is 24.2. The van der Waals surface area contributed by atoms with Gasteiger partial charge in [0.05, 0.1) is 7.11 Å². The van der Waals surface area contributed by atoms with Crippen LogP contribution in [0.2, 0.25) is 0 Å². The molecule has 2 aliphatic heterocycles. The van der Waals surface area contributed by atoms with Crippen LogP contribution in [0.3, 0.4) is 0 Å². The Kier molecular flexibility index (Phi) is 6.80. The summed E-state index contributed by atoms with van der Waals surface area (Å²) < 4.78 is 7.55. The number of anilines is 1. The van der Waals surface area contributed by atoms with Gasteiger partial charge in [-0.3, -0.25) is 19.7 Å². The van der Waals surface area contributed by atoms with Gasteiger partial charge in [0.25, 0.3) is 0 Å². The first-order valence-corrected chi connectivity index (χ1v) is 13.4. The summed E-state index contributed by atoms with van der Waals surface area (Å²) in [4.78, 5) is 12.5. The van der Waals surface area contributed by atoms with Crippen LogP contribution >= 0.6 is 0 Å². The summed E-state index contributed by atoms with van der Waals surface area (Å²) in [6.45, 7) is 0.518. The highest BCUT2D eigenvalue weighted by molar-refractivity contribution is 5.75. The molecule has 194 valence electrons. The maximum Gasteiger partial charge on any atom is 0.243 e. The molecule has 1 aromatic heterocycles. The number of aryl methyl sites for hydroxylation is 1. The van der Waals surface area contributed by atoms with E-state index in [-0.39, 0.29) is 18.2 Å². The van der Waals surface area contributed by atoms with Gasteiger partial charge in [-0.1, -0.05) is 55.3 Å². The molecule has 1 saturated carbocycles. The number of nitrogens with zero attached hydrogens (tertiary/aromatic N) is 4. The third-order valence-corrected chi connectivity index (χ3v) is 7.95. The minimum Gasteiger partial charge on any atom is -0.497 e. The summed E-state index contributed by atoms with van der Waals surface area (Å²) in [7, 11) is 1.65. The van der Waals surface area contributed by atoms with Crippen LogP contribution < -0.4 is 25.8 Å². The highest BCUT2D eigenvalue weighted by Gasteiger charge is 2.48. The lowest BCUT2D eigenvalue weighted by Gasteiger charge is -2.44. The zero-order valence-corrected chi connectivity index (χ0v) is 21.3. The molecule has 3 heterocycles. The molecule has 0 bridgehead atoms. The van der Waals surface area contributed by atoms with Crippen LogP contribution in [0, 0.1) is 5.92 Å². The Balaban J connectivity index is 1.11. The highest BCUT2D eigenvalue weighted by atomic mass is 16.5. The molecule has 9 heteroatoms. The molecule has 1 saturated heterocycles. The lowest BCUT2D eigenvalue weighted by molar-refractivity contribution is -0.121. The Morgan fingerprint density at radius 3 is 2.70 bits per heavy atom. The Morgan fingerprint density at radius 1 is 1.08 bits per heavy atom. The van der Waals surface area contributed by atoms with E-state index in [0.717, 1.165) is 42.3 Å². The number of hydrogen-bond acceptors (Lipinski definition) is 7. The van der Waals surface area contributed by atoms with Gasteiger partial charge in [-0.15, -0.1) is 10.2 Å². The van der Waals surface area contributed by atoms with Crippen molar-refractivity contribution in [1.29, 1.82) is 0 Å². The monoisotopic (exact) mass is 501 g/mol. The van der Waals surface area contributed by atoms with Crippen LogP contribution in [-0.4, -0.2) is 33.9 Å². The number of aromatic nitrogens is 3. The average molecular weight is 502 g/mol. The molecule has 0 radical (unpaired) electrons. The largest absolute Gasteiger partial charge is 0.497 e. The molecule has 4 atom stereocenters. The SMILES string of the molecule is COc1ccc(CNC(=O)CCCc2nnc3n2C2CCCCC2C2NC(c4ccccc4)NN32)cc1. The molecule has 6 rings (SSSR count). The van der Waals surface area contributed by atoms with E-state index in [9.17, 15) is 4.79 Å². The van der Waals surface area contributed by atoms with Crippen molar-refractivity contribution in [1.82, 2.24) is 30.8 Å². The second kappa shape index (κ2) is 10.5. The number of methoxy groups -OCH3 is 1. The number of carbonyl (C=O) groups is 1. The quantitative estimate of drug-likeness (QED) is 0.434. The Bertz CT molecular complexity index is 1210. The Hall–Kier alpha value is -3.43. The number of benzene rings is 2. The summed E-state index contributed by atoms with van der Waals surface area (Å²) in [5.41, 5.74) is 5.93. The van der Waals surface area contributed by atoms with E-state index < -0.39 is 0 Å². The molecule has 2 aromatic carbocycles. The first kappa shape index (κ1) is 23.9. The van der Waals surface area contributed by atoms with Gasteiger partial charge >= 0.3 is 0 Å². The number of rotatable bonds is 8. The average Bonchev–Trinajstić information content (AvgIpc) is 3.58. The predicted molar refractivity (Wildman–Crippen MR) is 141 cm³/mol. The Labute approximate surface area is 217 Å². The van der Waals surface area contributed by atoms with Gasteiger partial charge in [0.1, 0.15) is 23.9 Å². The van der Waals surface area contributed by atoms with Crippen molar-refractivity contribution in [2.45, 2.75) is 69.9 Å². The van der Waals surface area contributed by atoms with Gasteiger partial charge in [-0.2, -0.15) is 0 Å². The number of amides is 1. The van der Waals surface area contributed by atoms with Gasteiger partial charge < -0.3 is 10.1 Å². The van der Waals surface area contributed by atoms with E-state index in [4.69, 9.17) is 4.74 Å². The van der Waals surface area contributed by atoms with Gasteiger partial charge in [0.2, 0.25) is 11.9 Å². The zero-order valence-electron chi connectivity index (χ0n) is 21.3. The molecule has 3 N–H and O–H groups in total. The van der Waals surface area contributed by atoms with E-state index in [1.807, 2.05) is 30.3 Å². The smallest absolute Gasteiger partial charge is 0.243 e. The molecule has 0 spiro atoms. The fourth-order valence-corrected chi connectivity index (χ4v) is 6.07. The third kappa shape index (κ3) is 4.81. The van der Waals surface area contributed by atoms with E-state index >= 15 is 0 Å². The number of carbonyl (C=O) groups excluding carboxylic acids is 1. The number of hydrazine groups is 1. The van der Waals surface area contributed by atoms with Crippen molar-refractivity contribution in [3.05, 3.63) is 71.5 Å². The number of nitrogens with one attached hydrogen (secondary N) is 3. The molecule has 3 aliphatic rings. The number of hydrogen-bond donors (Lipinski definition) is 3. The van der Waals surface area contributed by atoms with E-state index in [2.05, 4.69) is 60.1 Å². The van der Waals surface area contributed by atoms with Crippen LogP contribution in [0.25, 0.3) is 0 Å².